The van der Waals surface area contributed by atoms with Crippen LogP contribution in [0.2, 0.25) is 0 Å². The zero-order chi connectivity index (χ0) is 28.7. The Bertz CT molecular complexity index is 1610. The number of rotatable bonds is 5. The molecule has 205 valence electrons. The van der Waals surface area contributed by atoms with Crippen molar-refractivity contribution in [3.05, 3.63) is 121 Å². The van der Waals surface area contributed by atoms with Gasteiger partial charge in [0, 0.05) is 15.9 Å². The predicted molar refractivity (Wildman–Crippen MR) is 145 cm³/mol. The second-order valence-electron chi connectivity index (χ2n) is 8.22. The third-order valence-corrected chi connectivity index (χ3v) is 5.30. The predicted octanol–water partition coefficient (Wildman–Crippen LogP) is 5.66. The molecule has 41 heavy (non-hydrogen) atoms. The maximum atomic E-state index is 9.75. The van der Waals surface area contributed by atoms with Gasteiger partial charge in [0.1, 0.15) is 11.4 Å². The summed E-state index contributed by atoms with van der Waals surface area (Å²) in [6.45, 7) is 0. The molecular formula is C26H20BF4N10. The molecule has 0 spiro atoms. The van der Waals surface area contributed by atoms with Crippen LogP contribution in [0.15, 0.2) is 137 Å². The van der Waals surface area contributed by atoms with E-state index < -0.39 is 7.25 Å². The van der Waals surface area contributed by atoms with Crippen LogP contribution in [-0.2, 0) is 0 Å². The summed E-state index contributed by atoms with van der Waals surface area (Å²) in [7, 11) is -6.00. The van der Waals surface area contributed by atoms with E-state index in [1.165, 1.54) is 9.91 Å². The van der Waals surface area contributed by atoms with Crippen LogP contribution in [0.3, 0.4) is 0 Å². The van der Waals surface area contributed by atoms with E-state index in [-0.39, 0.29) is 0 Å². The first-order chi connectivity index (χ1) is 19.8. The summed E-state index contributed by atoms with van der Waals surface area (Å²) in [6.07, 6.45) is 0. The molecule has 0 N–H and O–H groups in total. The average molecular weight is 561 g/mol. The van der Waals surface area contributed by atoms with E-state index in [0.29, 0.717) is 11.9 Å². The van der Waals surface area contributed by atoms with Gasteiger partial charge in [-0.15, -0.1) is 5.10 Å². The van der Waals surface area contributed by atoms with E-state index in [1.54, 1.807) is 9.69 Å². The maximum absolute atomic E-state index is 9.75. The summed E-state index contributed by atoms with van der Waals surface area (Å²) in [5.41, 5.74) is 7.83. The highest BCUT2D eigenvalue weighted by atomic mass is 19.5. The molecule has 0 saturated heterocycles. The molecule has 1 aliphatic heterocycles. The van der Waals surface area contributed by atoms with Crippen molar-refractivity contribution in [1.82, 2.24) is 20.6 Å². The van der Waals surface area contributed by atoms with Crippen molar-refractivity contribution in [3.63, 3.8) is 0 Å². The number of anilines is 2. The SMILES string of the molecule is F[B-](F)(F)F.c1ccc(N2N=C(/N=N/c3nn(-c4ccccc4)[15n][n+]3-c3ccccc3)N(c3ccccc3)[15N]2)cc1. The smallest absolute Gasteiger partial charge is 0.418 e. The summed E-state index contributed by atoms with van der Waals surface area (Å²) >= 11 is 0. The van der Waals surface area contributed by atoms with Crippen molar-refractivity contribution in [3.8, 4) is 11.4 Å². The van der Waals surface area contributed by atoms with Crippen LogP contribution >= 0.6 is 0 Å². The quantitative estimate of drug-likeness (QED) is 0.0911. The van der Waals surface area contributed by atoms with Gasteiger partial charge in [-0.1, -0.05) is 77.5 Å². The van der Waals surface area contributed by atoms with E-state index in [1.807, 2.05) is 121 Å². The number of hydrogen-bond acceptors (Lipinski definition) is 7. The normalized spacial score (nSPS) is 13.2. The second-order valence-corrected chi connectivity index (χ2v) is 8.22. The maximum Gasteiger partial charge on any atom is 0.673 e. The van der Waals surface area contributed by atoms with Crippen LogP contribution in [0.4, 0.5) is 34.6 Å². The molecule has 1 aromatic heterocycles. The van der Waals surface area contributed by atoms with Crippen molar-refractivity contribution < 1.29 is 21.9 Å². The summed E-state index contributed by atoms with van der Waals surface area (Å²) in [5, 5.41) is 25.8. The number of benzene rings is 4. The first-order valence-electron chi connectivity index (χ1n) is 12.2. The Labute approximate surface area is 231 Å². The van der Waals surface area contributed by atoms with Crippen LogP contribution in [0, 0.1) is 0 Å². The minimum atomic E-state index is -6.00. The number of halogens is 4. The molecule has 0 aliphatic carbocycles. The van der Waals surface area contributed by atoms with Crippen molar-refractivity contribution in [1.29, 1.82) is 0 Å². The lowest BCUT2D eigenvalue weighted by molar-refractivity contribution is -0.649. The fraction of sp³-hybridized carbons (Fsp3) is 0. The molecule has 1 radical (unpaired) electrons. The van der Waals surface area contributed by atoms with Crippen molar-refractivity contribution in [2.45, 2.75) is 0 Å². The summed E-state index contributed by atoms with van der Waals surface area (Å²) in [5.74, 6) is 0.581. The van der Waals surface area contributed by atoms with Gasteiger partial charge in [-0.05, 0) is 58.4 Å². The first-order valence-corrected chi connectivity index (χ1v) is 12.2. The van der Waals surface area contributed by atoms with Crippen molar-refractivity contribution in [2.75, 3.05) is 10.1 Å². The fourth-order valence-corrected chi connectivity index (χ4v) is 3.57. The van der Waals surface area contributed by atoms with Crippen LogP contribution < -0.4 is 20.3 Å². The molecule has 4 aromatic carbocycles. The Hall–Kier alpha value is -5.44. The van der Waals surface area contributed by atoms with Gasteiger partial charge >= 0.3 is 13.2 Å². The lowest BCUT2D eigenvalue weighted by Crippen LogP contribution is -2.36. The molecule has 0 amide bonds. The minimum Gasteiger partial charge on any atom is -0.418 e. The van der Waals surface area contributed by atoms with Gasteiger partial charge in [0.15, 0.2) is 0 Å². The Morgan fingerprint density at radius 3 is 1.66 bits per heavy atom. The van der Waals surface area contributed by atoms with Crippen LogP contribution in [0.5, 0.6) is 0 Å². The van der Waals surface area contributed by atoms with Crippen molar-refractivity contribution in [2.24, 2.45) is 15.3 Å². The molecule has 0 fully saturated rings. The van der Waals surface area contributed by atoms with Gasteiger partial charge in [0.2, 0.25) is 0 Å². The average Bonchev–Trinajstić information content (AvgIpc) is 3.62. The Balaban J connectivity index is 0.000000623. The Kier molecular flexibility index (Phi) is 8.06. The molecule has 0 saturated carbocycles. The molecule has 0 bridgehead atoms. The number of azo groups is 1. The summed E-state index contributed by atoms with van der Waals surface area (Å²) in [6, 6.07) is 38.6. The highest BCUT2D eigenvalue weighted by molar-refractivity contribution is 6.50. The van der Waals surface area contributed by atoms with E-state index in [4.69, 9.17) is 0 Å². The number of guanidine groups is 1. The number of tetrazole rings is 1. The van der Waals surface area contributed by atoms with Crippen molar-refractivity contribution >= 4 is 30.5 Å². The molecule has 1 aliphatic rings. The van der Waals surface area contributed by atoms with Crippen LogP contribution in [0.1, 0.15) is 0 Å². The zero-order valence-electron chi connectivity index (χ0n) is 21.1. The highest BCUT2D eigenvalue weighted by Gasteiger charge is 2.29. The van der Waals surface area contributed by atoms with Crippen LogP contribution in [-0.4, -0.2) is 28.3 Å². The molecule has 2 heterocycles. The highest BCUT2D eigenvalue weighted by Crippen LogP contribution is 2.23. The third-order valence-electron chi connectivity index (χ3n) is 5.30. The molecule has 15 heteroatoms. The topological polar surface area (TPSA) is 92.2 Å². The molecular weight excluding hydrogens is 541 g/mol. The molecule has 6 rings (SSSR count). The third kappa shape index (κ3) is 7.16. The molecule has 5 aromatic rings. The second kappa shape index (κ2) is 12.2. The fourth-order valence-electron chi connectivity index (χ4n) is 3.57. The monoisotopic (exact) mass is 561 g/mol. The van der Waals surface area contributed by atoms with Gasteiger partial charge < -0.3 is 17.3 Å². The number of hydrazone groups is 1. The molecule has 10 nitrogen and oxygen atoms in total. The van der Waals surface area contributed by atoms with E-state index in [2.05, 4.69) is 31.2 Å². The lowest BCUT2D eigenvalue weighted by atomic mass is 10.3. The zero-order valence-corrected chi connectivity index (χ0v) is 21.1. The van der Waals surface area contributed by atoms with E-state index in [9.17, 15) is 17.3 Å². The van der Waals surface area contributed by atoms with Gasteiger partial charge in [-0.3, -0.25) is 0 Å². The van der Waals surface area contributed by atoms with Gasteiger partial charge in [-0.2, -0.15) is 10.1 Å². The Morgan fingerprint density at radius 1 is 0.610 bits per heavy atom. The van der Waals surface area contributed by atoms with Crippen LogP contribution in [0.25, 0.3) is 11.4 Å². The number of hydrogen-bond donors (Lipinski definition) is 0. The molecule has 0 atom stereocenters. The Morgan fingerprint density at radius 2 is 1.10 bits per heavy atom. The summed E-state index contributed by atoms with van der Waals surface area (Å²) in [4.78, 5) is 1.52. The molecule has 0 unspecified atom stereocenters. The van der Waals surface area contributed by atoms with E-state index >= 15 is 0 Å². The van der Waals surface area contributed by atoms with Gasteiger partial charge in [0.05, 0.1) is 16.5 Å². The van der Waals surface area contributed by atoms with Gasteiger partial charge in [0.25, 0.3) is 5.96 Å². The lowest BCUT2D eigenvalue weighted by Gasteiger charge is -2.16. The van der Waals surface area contributed by atoms with E-state index in [0.717, 1.165) is 22.7 Å². The summed E-state index contributed by atoms with van der Waals surface area (Å²) < 4.78 is 40.6. The minimum absolute atomic E-state index is 0.291. The number of aromatic nitrogens is 4. The van der Waals surface area contributed by atoms with Gasteiger partial charge in [-0.25, -0.2) is 0 Å². The largest absolute Gasteiger partial charge is 0.673 e. The number of para-hydroxylation sites is 4. The number of nitrogens with zero attached hydrogens (tertiary/aromatic N) is 10. The first kappa shape index (κ1) is 27.1. The standard InChI is InChI=1S/C26H20N10.BF4/c1-5-13-21(14-6-1)33-25(29-35(31-33)23-17-9-3-10-18-23)27-28-26-30-36(24-19-11-4-12-20-24)32-34(26)22-15-7-2-8-16-22;2-1(3,4)5/h1-20H;/q+1;-1/b28-27+;/i31+1,32+1;.